The van der Waals surface area contributed by atoms with Crippen molar-refractivity contribution in [2.45, 2.75) is 297 Å². The molecule has 3 unspecified atom stereocenters. The summed E-state index contributed by atoms with van der Waals surface area (Å²) in [5, 5.41) is 0. The monoisotopic (exact) mass is 1470 g/mol. The number of fused-ring (bicyclic) bond motifs is 1. The molecule has 0 radical (unpaired) electrons. The van der Waals surface area contributed by atoms with Crippen molar-refractivity contribution in [3.05, 3.63) is 115 Å². The molecule has 0 bridgehead atoms. The van der Waals surface area contributed by atoms with Crippen LogP contribution in [0.5, 0.6) is 0 Å². The Morgan fingerprint density at radius 3 is 1.19 bits per heavy atom. The van der Waals surface area contributed by atoms with E-state index >= 15 is 0 Å². The van der Waals surface area contributed by atoms with Crippen LogP contribution in [-0.2, 0) is 80.5 Å². The fourth-order valence-electron chi connectivity index (χ4n) is 8.35. The number of carbonyl (C=O) groups excluding carboxylic acids is 1. The second kappa shape index (κ2) is 49.2. The number of esters is 1. The third-order valence-electron chi connectivity index (χ3n) is 16.1. The van der Waals surface area contributed by atoms with Gasteiger partial charge in [-0.25, -0.2) is 4.79 Å². The smallest absolute Gasteiger partial charge is 0.496 e. The van der Waals surface area contributed by atoms with Crippen LogP contribution in [0.4, 0.5) is 0 Å². The van der Waals surface area contributed by atoms with Gasteiger partial charge in [0, 0.05) is 71.8 Å². The second-order valence-electron chi connectivity index (χ2n) is 39.3. The number of hydrogen-bond acceptors (Lipinski definition) is 12. The van der Waals surface area contributed by atoms with Gasteiger partial charge in [-0.15, -0.1) is 18.9 Å². The topological polar surface area (TPSA) is 119 Å². The maximum Gasteiger partial charge on any atom is 0.678 e. The zero-order chi connectivity index (χ0) is 81.4. The molecule has 0 spiro atoms. The summed E-state index contributed by atoms with van der Waals surface area (Å²) < 4.78 is 57.4. The first-order valence-electron chi connectivity index (χ1n) is 37.8. The Morgan fingerprint density at radius 1 is 0.544 bits per heavy atom. The third-order valence-corrected chi connectivity index (χ3v) is 18.1. The predicted octanol–water partition coefficient (Wildman–Crippen LogP) is 23.8. The summed E-state index contributed by atoms with van der Waals surface area (Å²) in [6.07, 6.45) is 20.1. The van der Waals surface area contributed by atoms with Crippen molar-refractivity contribution in [2.24, 2.45) is 60.6 Å². The van der Waals surface area contributed by atoms with E-state index in [1.165, 1.54) is 83.3 Å². The number of allylic oxidation sites excluding steroid dienone is 1. The van der Waals surface area contributed by atoms with Crippen LogP contribution >= 0.6 is 0 Å². The van der Waals surface area contributed by atoms with Crippen LogP contribution in [0.2, 0.25) is 0 Å². The molecule has 4 fully saturated rings. The van der Waals surface area contributed by atoms with Crippen LogP contribution in [0.1, 0.15) is 282 Å². The van der Waals surface area contributed by atoms with Crippen molar-refractivity contribution < 1.29 is 55.7 Å². The normalized spacial score (nSPS) is 17.3. The Kier molecular flexibility index (Phi) is 50.4. The fraction of sp³-hybridized carbons (Fsp3) is 0.744. The lowest BCUT2D eigenvalue weighted by atomic mass is 9.80. The number of benzene rings is 2. The zero-order valence-electron chi connectivity index (χ0n) is 73.8. The minimum Gasteiger partial charge on any atom is -0.496 e. The van der Waals surface area contributed by atoms with Crippen LogP contribution < -0.4 is 0 Å². The molecule has 13 heteroatoms. The highest BCUT2D eigenvalue weighted by atomic mass is 28.4. The lowest BCUT2D eigenvalue weighted by molar-refractivity contribution is -0.140. The highest BCUT2D eigenvalue weighted by Crippen LogP contribution is 2.34. The van der Waals surface area contributed by atoms with Gasteiger partial charge >= 0.3 is 15.0 Å². The second-order valence-corrected chi connectivity index (χ2v) is 41.9. The molecular weight excluding hydrogens is 1300 g/mol. The molecule has 0 aromatic heterocycles. The first-order valence-corrected chi connectivity index (χ1v) is 39.5. The Morgan fingerprint density at radius 2 is 0.981 bits per heavy atom. The molecule has 4 aliphatic heterocycles. The van der Waals surface area contributed by atoms with Crippen LogP contribution in [0.3, 0.4) is 0 Å². The van der Waals surface area contributed by atoms with Gasteiger partial charge in [-0.3, -0.25) is 0 Å². The zero-order valence-corrected chi connectivity index (χ0v) is 74.8. The molecule has 2 aromatic carbocycles. The Bertz CT molecular complexity index is 2520. The third kappa shape index (κ3) is 59.8. The van der Waals surface area contributed by atoms with Crippen molar-refractivity contribution in [3.63, 3.8) is 0 Å². The van der Waals surface area contributed by atoms with Crippen LogP contribution in [-0.4, -0.2) is 114 Å². The Balaban J connectivity index is -0.000000529. The lowest BCUT2D eigenvalue weighted by Crippen LogP contribution is -2.48. The van der Waals surface area contributed by atoms with Gasteiger partial charge in [0.25, 0.3) is 0 Å². The summed E-state index contributed by atoms with van der Waals surface area (Å²) in [5.41, 5.74) is 9.59. The van der Waals surface area contributed by atoms with Gasteiger partial charge < -0.3 is 50.9 Å². The average Bonchev–Trinajstić information content (AvgIpc) is 1.34. The number of carbonyl (C=O) groups is 1. The summed E-state index contributed by atoms with van der Waals surface area (Å²) in [6.45, 7) is 93.3. The van der Waals surface area contributed by atoms with E-state index < -0.39 is 9.05 Å². The highest BCUT2D eigenvalue weighted by molar-refractivity contribution is 6.53. The van der Waals surface area contributed by atoms with Crippen molar-refractivity contribution in [2.75, 3.05) is 80.8 Å². The maximum absolute atomic E-state index is 10.5. The quantitative estimate of drug-likeness (QED) is 0.0503. The van der Waals surface area contributed by atoms with E-state index in [9.17, 15) is 4.79 Å². The molecule has 0 amide bonds. The van der Waals surface area contributed by atoms with Crippen molar-refractivity contribution in [1.82, 2.24) is 0 Å². The molecular formula is C90H164O12Si. The summed E-state index contributed by atoms with van der Waals surface area (Å²) >= 11 is 0. The predicted molar refractivity (Wildman–Crippen MR) is 444 cm³/mol. The summed E-state index contributed by atoms with van der Waals surface area (Å²) in [7, 11) is 1.76. The van der Waals surface area contributed by atoms with Crippen molar-refractivity contribution in [1.29, 1.82) is 0 Å². The molecule has 2 aromatic rings. The van der Waals surface area contributed by atoms with Crippen LogP contribution in [0.25, 0.3) is 6.08 Å². The van der Waals surface area contributed by atoms with Gasteiger partial charge in [-0.1, -0.05) is 261 Å². The van der Waals surface area contributed by atoms with Gasteiger partial charge in [-0.2, -0.15) is 0 Å². The van der Waals surface area contributed by atoms with Gasteiger partial charge in [0.15, 0.2) is 0 Å². The largest absolute Gasteiger partial charge is 0.678 e. The number of ether oxygens (including phenoxy) is 7. The van der Waals surface area contributed by atoms with E-state index in [0.717, 1.165) is 63.6 Å². The molecule has 4 heterocycles. The molecule has 103 heavy (non-hydrogen) atoms. The lowest BCUT2D eigenvalue weighted by Gasteiger charge is -2.37. The molecule has 4 saturated heterocycles. The molecule has 3 atom stereocenters. The maximum atomic E-state index is 10.5. The molecule has 12 nitrogen and oxygen atoms in total. The van der Waals surface area contributed by atoms with Gasteiger partial charge in [-0.05, 0) is 163 Å². The first-order chi connectivity index (χ1) is 46.5. The van der Waals surface area contributed by atoms with Gasteiger partial charge in [0.05, 0.1) is 57.1 Å². The van der Waals surface area contributed by atoms with Gasteiger partial charge in [0.2, 0.25) is 0 Å². The number of hydrogen-bond donors (Lipinski definition) is 0. The molecule has 7 rings (SSSR count). The van der Waals surface area contributed by atoms with E-state index in [1.807, 2.05) is 74.5 Å². The summed E-state index contributed by atoms with van der Waals surface area (Å²) in [5.74, 6) is 3.85. The minimum atomic E-state index is -2.83. The van der Waals surface area contributed by atoms with Crippen LogP contribution in [0.15, 0.2) is 87.2 Å². The van der Waals surface area contributed by atoms with E-state index in [1.54, 1.807) is 11.1 Å². The number of terminal acetylenes is 1. The SMILES string of the molecule is C#CC(C)(C)C.C=CC(=O)OCC(C)(C)C.C=CC(C)(C)C.C=COC(C)(C)C.C=Cc1ccc(COCC(C)(C)C)cc1.CC(C)(C)C1CCCO1.CC(C)(C)C1CCO1.CC(C)(C)C1CCOC1.CC(C)(C)C1COC1.CC(C)(C)c1ccc2c(c1)CC2.CO[Si](OC)(OC)OCC(C)(C)C. The van der Waals surface area contributed by atoms with E-state index in [2.05, 4.69) is 241 Å². The van der Waals surface area contributed by atoms with Crippen molar-refractivity contribution in [3.8, 4) is 12.3 Å². The standard InChI is InChI=1S/C14H20O.C12H16.C8H20O4Si.C8H14O2.2C8H16O.2C7H14O.C6H12O.C6H12.C6H10/c1-5-12-6-8-13(9-7-12)10-15-11-14(2,3)4;1-12(2,3)11-7-6-9-4-5-10(9)8-11;1-8(2,3)7-12-13(9-4,10-5)11-6;1-5-7(9)10-6-8(2,3)4;1-8(2,3)7-4-5-9-6-7;1-8(2,3)7-5-4-6-9-7;1-7(2,3)6-4-8-5-6;1-7(2,3)6-4-5-8-6;1-5-7-6(2,3)4;2*1-5-6(2,3)4/h5-9H,1,10-11H2,2-4H3;6-8H,4-5H2,1-3H3;7H2,1-6H3;5H,1,6H2,2-4H3;2*7H,4-6H2,1-3H3;2*6H,4-5H2,1-3H3;5H,1H2,2-4H3;5H,1H2,2-4H3;1H,2-4H3. The number of rotatable bonds is 12. The molecule has 1 aliphatic carbocycles. The van der Waals surface area contributed by atoms with Crippen molar-refractivity contribution >= 4 is 21.1 Å². The number of aryl methyl sites for hydroxylation is 2. The molecule has 0 N–H and O–H groups in total. The summed E-state index contributed by atoms with van der Waals surface area (Å²) in [6, 6.07) is 15.2. The fourth-order valence-corrected chi connectivity index (χ4v) is 9.81. The van der Waals surface area contributed by atoms with Gasteiger partial charge in [0.1, 0.15) is 0 Å². The van der Waals surface area contributed by atoms with E-state index in [-0.39, 0.29) is 33.2 Å². The van der Waals surface area contributed by atoms with E-state index in [0.29, 0.717) is 64.5 Å². The minimum absolute atomic E-state index is 0.0403. The Hall–Kier alpha value is -3.91. The molecule has 5 aliphatic rings. The van der Waals surface area contributed by atoms with E-state index in [4.69, 9.17) is 57.3 Å². The van der Waals surface area contributed by atoms with Crippen LogP contribution in [0, 0.1) is 72.9 Å². The summed E-state index contributed by atoms with van der Waals surface area (Å²) in [4.78, 5) is 10.5. The highest BCUT2D eigenvalue weighted by Gasteiger charge is 2.43. The average molecular weight is 1470 g/mol. The Labute approximate surface area is 639 Å². The molecule has 0 saturated carbocycles. The first kappa shape index (κ1) is 105. The molecule has 600 valence electrons.